The maximum atomic E-state index is 3.87. The average Bonchev–Trinajstić information content (AvgIpc) is 2.20. The second kappa shape index (κ2) is 6.92. The lowest BCUT2D eigenvalue weighted by atomic mass is 10.3. The fourth-order valence-electron chi connectivity index (χ4n) is 0.760. The van der Waals surface area contributed by atoms with E-state index < -0.39 is 0 Å². The summed E-state index contributed by atoms with van der Waals surface area (Å²) in [6, 6.07) is 7.96. The van der Waals surface area contributed by atoms with Crippen LogP contribution in [0.15, 0.2) is 34.2 Å². The van der Waals surface area contributed by atoms with Crippen LogP contribution in [0.4, 0.5) is 5.69 Å². The van der Waals surface area contributed by atoms with Crippen LogP contribution in [-0.4, -0.2) is 13.0 Å². The van der Waals surface area contributed by atoms with E-state index in [1.54, 1.807) is 11.8 Å². The number of benzene rings is 1. The van der Waals surface area contributed by atoms with Crippen LogP contribution in [0.2, 0.25) is 0 Å². The van der Waals surface area contributed by atoms with Crippen LogP contribution in [0.1, 0.15) is 13.8 Å². The molecule has 0 aromatic heterocycles. The van der Waals surface area contributed by atoms with Crippen LogP contribution in [0.5, 0.6) is 0 Å². The standard InChI is InChI=1S/C8H9NS.C2H6/c1-9-7-5-3-4-6-8(7)10-2;1-2/h3-6H,1H2,2H3;1-2H3. The van der Waals surface area contributed by atoms with E-state index in [1.807, 2.05) is 44.4 Å². The van der Waals surface area contributed by atoms with Crippen molar-refractivity contribution < 1.29 is 0 Å². The largest absolute Gasteiger partial charge is 0.263 e. The fourth-order valence-corrected chi connectivity index (χ4v) is 1.32. The molecule has 0 radical (unpaired) electrons. The second-order valence-electron chi connectivity index (χ2n) is 1.83. The molecule has 0 bridgehead atoms. The molecule has 0 N–H and O–H groups in total. The summed E-state index contributed by atoms with van der Waals surface area (Å²) in [5.41, 5.74) is 0.968. The Labute approximate surface area is 78.9 Å². The van der Waals surface area contributed by atoms with Crippen molar-refractivity contribution in [2.24, 2.45) is 4.99 Å². The van der Waals surface area contributed by atoms with Crippen molar-refractivity contribution >= 4 is 24.2 Å². The molecule has 0 unspecified atom stereocenters. The summed E-state index contributed by atoms with van der Waals surface area (Å²) in [4.78, 5) is 5.05. The summed E-state index contributed by atoms with van der Waals surface area (Å²) in [5.74, 6) is 0. The first-order valence-electron chi connectivity index (χ1n) is 3.98. The van der Waals surface area contributed by atoms with Gasteiger partial charge in [0.25, 0.3) is 0 Å². The van der Waals surface area contributed by atoms with Crippen LogP contribution in [0.3, 0.4) is 0 Å². The van der Waals surface area contributed by atoms with Crippen molar-refractivity contribution in [2.45, 2.75) is 18.7 Å². The summed E-state index contributed by atoms with van der Waals surface area (Å²) in [6.45, 7) is 7.48. The van der Waals surface area contributed by atoms with Gasteiger partial charge in [0.1, 0.15) is 0 Å². The molecule has 0 aliphatic heterocycles. The van der Waals surface area contributed by atoms with Gasteiger partial charge in [-0.25, -0.2) is 0 Å². The molecule has 1 aromatic carbocycles. The third-order valence-corrected chi connectivity index (χ3v) is 2.04. The summed E-state index contributed by atoms with van der Waals surface area (Å²) >= 11 is 1.69. The topological polar surface area (TPSA) is 12.4 Å². The Morgan fingerprint density at radius 1 is 1.25 bits per heavy atom. The van der Waals surface area contributed by atoms with Gasteiger partial charge in [0.05, 0.1) is 5.69 Å². The SMILES string of the molecule is C=Nc1ccccc1SC.CC. The van der Waals surface area contributed by atoms with Crippen molar-refractivity contribution in [3.8, 4) is 0 Å². The first kappa shape index (κ1) is 11.2. The van der Waals surface area contributed by atoms with Gasteiger partial charge in [-0.1, -0.05) is 26.0 Å². The predicted octanol–water partition coefficient (Wildman–Crippen LogP) is 3.77. The van der Waals surface area contributed by atoms with Gasteiger partial charge in [-0.15, -0.1) is 11.8 Å². The second-order valence-corrected chi connectivity index (χ2v) is 2.68. The fraction of sp³-hybridized carbons (Fsp3) is 0.300. The van der Waals surface area contributed by atoms with E-state index >= 15 is 0 Å². The van der Waals surface area contributed by atoms with E-state index in [2.05, 4.69) is 11.7 Å². The van der Waals surface area contributed by atoms with E-state index in [9.17, 15) is 0 Å². The Morgan fingerprint density at radius 2 is 1.83 bits per heavy atom. The maximum absolute atomic E-state index is 3.87. The number of hydrogen-bond acceptors (Lipinski definition) is 2. The van der Waals surface area contributed by atoms with Gasteiger partial charge in [-0.2, -0.15) is 0 Å². The number of nitrogens with zero attached hydrogens (tertiary/aromatic N) is 1. The third kappa shape index (κ3) is 3.09. The molecule has 0 atom stereocenters. The molecule has 0 saturated carbocycles. The number of thioether (sulfide) groups is 1. The zero-order valence-corrected chi connectivity index (χ0v) is 8.69. The summed E-state index contributed by atoms with van der Waals surface area (Å²) in [7, 11) is 0. The molecule has 66 valence electrons. The number of aliphatic imine (C=N–C) groups is 1. The highest BCUT2D eigenvalue weighted by molar-refractivity contribution is 7.98. The van der Waals surface area contributed by atoms with E-state index in [1.165, 1.54) is 4.90 Å². The first-order valence-corrected chi connectivity index (χ1v) is 5.20. The molecule has 2 heteroatoms. The molecular formula is C10H15NS. The molecule has 0 aliphatic rings. The highest BCUT2D eigenvalue weighted by atomic mass is 32.2. The van der Waals surface area contributed by atoms with E-state index in [0.717, 1.165) is 5.69 Å². The third-order valence-electron chi connectivity index (χ3n) is 1.26. The van der Waals surface area contributed by atoms with Crippen LogP contribution >= 0.6 is 11.8 Å². The van der Waals surface area contributed by atoms with E-state index in [-0.39, 0.29) is 0 Å². The Bertz CT molecular complexity index is 233. The van der Waals surface area contributed by atoms with Gasteiger partial charge in [0.2, 0.25) is 0 Å². The summed E-state index contributed by atoms with van der Waals surface area (Å²) < 4.78 is 0. The predicted molar refractivity (Wildman–Crippen MR) is 58.8 cm³/mol. The molecule has 12 heavy (non-hydrogen) atoms. The number of hydrogen-bond donors (Lipinski definition) is 0. The van der Waals surface area contributed by atoms with E-state index in [0.29, 0.717) is 0 Å². The molecule has 1 rings (SSSR count). The van der Waals surface area contributed by atoms with Gasteiger partial charge in [-0.05, 0) is 25.1 Å². The summed E-state index contributed by atoms with van der Waals surface area (Å²) in [5, 5.41) is 0. The van der Waals surface area contributed by atoms with Gasteiger partial charge >= 0.3 is 0 Å². The summed E-state index contributed by atoms with van der Waals surface area (Å²) in [6.07, 6.45) is 2.03. The van der Waals surface area contributed by atoms with Crippen LogP contribution in [0, 0.1) is 0 Å². The normalized spacial score (nSPS) is 8.25. The molecular weight excluding hydrogens is 166 g/mol. The Balaban J connectivity index is 0.000000561. The minimum atomic E-state index is 0.968. The zero-order chi connectivity index (χ0) is 9.40. The average molecular weight is 181 g/mol. The molecule has 0 amide bonds. The van der Waals surface area contributed by atoms with E-state index in [4.69, 9.17) is 0 Å². The van der Waals surface area contributed by atoms with Crippen LogP contribution < -0.4 is 0 Å². The molecule has 0 spiro atoms. The lowest BCUT2D eigenvalue weighted by molar-refractivity contribution is 1.39. The highest BCUT2D eigenvalue weighted by Gasteiger charge is 1.93. The Kier molecular flexibility index (Phi) is 6.48. The van der Waals surface area contributed by atoms with Gasteiger partial charge < -0.3 is 0 Å². The monoisotopic (exact) mass is 181 g/mol. The lowest BCUT2D eigenvalue weighted by Gasteiger charge is -1.98. The van der Waals surface area contributed by atoms with Crippen molar-refractivity contribution in [3.05, 3.63) is 24.3 Å². The zero-order valence-electron chi connectivity index (χ0n) is 7.87. The number of rotatable bonds is 2. The quantitative estimate of drug-likeness (QED) is 0.500. The maximum Gasteiger partial charge on any atom is 0.0758 e. The van der Waals surface area contributed by atoms with Crippen molar-refractivity contribution in [3.63, 3.8) is 0 Å². The van der Waals surface area contributed by atoms with Crippen molar-refractivity contribution in [1.29, 1.82) is 0 Å². The minimum Gasteiger partial charge on any atom is -0.263 e. The van der Waals surface area contributed by atoms with Crippen LogP contribution in [-0.2, 0) is 0 Å². The first-order chi connectivity index (χ1) is 5.88. The molecule has 1 nitrogen and oxygen atoms in total. The Morgan fingerprint density at radius 3 is 2.25 bits per heavy atom. The van der Waals surface area contributed by atoms with Gasteiger partial charge in [0, 0.05) is 4.90 Å². The molecule has 0 aliphatic carbocycles. The van der Waals surface area contributed by atoms with Gasteiger partial charge in [0.15, 0.2) is 0 Å². The minimum absolute atomic E-state index is 0.968. The number of para-hydroxylation sites is 1. The Hall–Kier alpha value is -0.760. The van der Waals surface area contributed by atoms with Gasteiger partial charge in [-0.3, -0.25) is 4.99 Å². The molecule has 0 saturated heterocycles. The van der Waals surface area contributed by atoms with Crippen molar-refractivity contribution in [2.75, 3.05) is 6.26 Å². The molecule has 1 aromatic rings. The van der Waals surface area contributed by atoms with Crippen LogP contribution in [0.25, 0.3) is 0 Å². The van der Waals surface area contributed by atoms with Crippen molar-refractivity contribution in [1.82, 2.24) is 0 Å². The molecule has 0 heterocycles. The molecule has 0 fully saturated rings. The highest BCUT2D eigenvalue weighted by Crippen LogP contribution is 2.26. The smallest absolute Gasteiger partial charge is 0.0758 e. The lowest BCUT2D eigenvalue weighted by Crippen LogP contribution is -1.68.